The number of furan rings is 2. The molecule has 0 atom stereocenters. The lowest BCUT2D eigenvalue weighted by atomic mass is 10.1. The molecule has 4 heteroatoms. The van der Waals surface area contributed by atoms with E-state index in [1.165, 1.54) is 12.5 Å². The van der Waals surface area contributed by atoms with E-state index in [2.05, 4.69) is 0 Å². The highest BCUT2D eigenvalue weighted by Crippen LogP contribution is 2.11. The van der Waals surface area contributed by atoms with Crippen molar-refractivity contribution in [2.75, 3.05) is 0 Å². The lowest BCUT2D eigenvalue weighted by Gasteiger charge is -1.98. The number of hydrogen-bond donors (Lipinski definition) is 0. The topological polar surface area (TPSA) is 60.4 Å². The fourth-order valence-electron chi connectivity index (χ4n) is 1.69. The molecule has 2 aromatic rings. The fraction of sp³-hybridized carbons (Fsp3) is 0.286. The molecule has 0 aliphatic heterocycles. The van der Waals surface area contributed by atoms with Crippen LogP contribution in [0, 0.1) is 0 Å². The average Bonchev–Trinajstić information content (AvgIpc) is 3.05. The number of rotatable bonds is 7. The molecule has 0 spiro atoms. The molecule has 4 nitrogen and oxygen atoms in total. The third-order valence-electron chi connectivity index (χ3n) is 2.65. The third-order valence-corrected chi connectivity index (χ3v) is 2.65. The summed E-state index contributed by atoms with van der Waals surface area (Å²) in [5.74, 6) is 0.718. The Morgan fingerprint density at radius 3 is 1.61 bits per heavy atom. The monoisotopic (exact) mass is 246 g/mol. The molecule has 0 unspecified atom stereocenters. The van der Waals surface area contributed by atoms with E-state index < -0.39 is 0 Å². The fourth-order valence-corrected chi connectivity index (χ4v) is 1.69. The van der Waals surface area contributed by atoms with Crippen molar-refractivity contribution in [1.29, 1.82) is 0 Å². The van der Waals surface area contributed by atoms with Gasteiger partial charge < -0.3 is 8.83 Å². The Morgan fingerprint density at radius 1 is 0.833 bits per heavy atom. The highest BCUT2D eigenvalue weighted by molar-refractivity contribution is 5.94. The van der Waals surface area contributed by atoms with E-state index in [-0.39, 0.29) is 11.6 Å². The SMILES string of the molecule is O=C(CCCCC(=O)c1ccco1)c1ccco1. The predicted octanol–water partition coefficient (Wildman–Crippen LogP) is 3.50. The van der Waals surface area contributed by atoms with Crippen molar-refractivity contribution in [3.05, 3.63) is 48.3 Å². The number of carbonyl (C=O) groups excluding carboxylic acids is 2. The molecule has 2 heterocycles. The van der Waals surface area contributed by atoms with Gasteiger partial charge in [0.1, 0.15) is 0 Å². The van der Waals surface area contributed by atoms with Crippen molar-refractivity contribution in [2.24, 2.45) is 0 Å². The smallest absolute Gasteiger partial charge is 0.197 e. The molecule has 0 amide bonds. The van der Waals surface area contributed by atoms with Gasteiger partial charge in [-0.05, 0) is 37.1 Å². The van der Waals surface area contributed by atoms with Gasteiger partial charge in [0.2, 0.25) is 0 Å². The molecule has 2 rings (SSSR count). The molecule has 0 saturated heterocycles. The highest BCUT2D eigenvalue weighted by Gasteiger charge is 2.10. The largest absolute Gasteiger partial charge is 0.461 e. The van der Waals surface area contributed by atoms with E-state index in [9.17, 15) is 9.59 Å². The van der Waals surface area contributed by atoms with E-state index in [0.717, 1.165) is 0 Å². The van der Waals surface area contributed by atoms with Crippen LogP contribution in [-0.2, 0) is 0 Å². The van der Waals surface area contributed by atoms with Crippen LogP contribution in [0.2, 0.25) is 0 Å². The van der Waals surface area contributed by atoms with Gasteiger partial charge in [-0.3, -0.25) is 9.59 Å². The molecule has 0 fully saturated rings. The summed E-state index contributed by atoms with van der Waals surface area (Å²) in [7, 11) is 0. The summed E-state index contributed by atoms with van der Waals surface area (Å²) < 4.78 is 10.0. The van der Waals surface area contributed by atoms with E-state index in [1.807, 2.05) is 0 Å². The van der Waals surface area contributed by atoms with Gasteiger partial charge in [-0.15, -0.1) is 0 Å². The average molecular weight is 246 g/mol. The molecule has 0 N–H and O–H groups in total. The lowest BCUT2D eigenvalue weighted by molar-refractivity contribution is 0.0928. The third kappa shape index (κ3) is 3.20. The quantitative estimate of drug-likeness (QED) is 0.554. The second-order valence-electron chi connectivity index (χ2n) is 4.01. The Hall–Kier alpha value is -2.10. The first-order chi connectivity index (χ1) is 8.77. The highest BCUT2D eigenvalue weighted by atomic mass is 16.3. The number of unbranched alkanes of at least 4 members (excludes halogenated alkanes) is 1. The minimum Gasteiger partial charge on any atom is -0.461 e. The molecule has 2 aromatic heterocycles. The maximum Gasteiger partial charge on any atom is 0.197 e. The Bertz CT molecular complexity index is 446. The second kappa shape index (κ2) is 6.00. The van der Waals surface area contributed by atoms with E-state index in [4.69, 9.17) is 8.83 Å². The Labute approximate surface area is 105 Å². The van der Waals surface area contributed by atoms with Crippen molar-refractivity contribution >= 4 is 11.6 Å². The van der Waals surface area contributed by atoms with Crippen LogP contribution < -0.4 is 0 Å². The molecule has 0 aliphatic rings. The molecule has 0 aliphatic carbocycles. The van der Waals surface area contributed by atoms with E-state index in [0.29, 0.717) is 37.2 Å². The first-order valence-corrected chi connectivity index (χ1v) is 5.91. The predicted molar refractivity (Wildman–Crippen MR) is 64.5 cm³/mol. The summed E-state index contributed by atoms with van der Waals surface area (Å²) in [5.41, 5.74) is 0. The van der Waals surface area contributed by atoms with E-state index >= 15 is 0 Å². The van der Waals surface area contributed by atoms with Crippen molar-refractivity contribution < 1.29 is 18.4 Å². The summed E-state index contributed by atoms with van der Waals surface area (Å²) in [6.07, 6.45) is 5.11. The van der Waals surface area contributed by atoms with Crippen molar-refractivity contribution in [3.63, 3.8) is 0 Å². The van der Waals surface area contributed by atoms with Crippen LogP contribution in [-0.4, -0.2) is 11.6 Å². The number of ketones is 2. The Morgan fingerprint density at radius 2 is 1.28 bits per heavy atom. The van der Waals surface area contributed by atoms with Crippen molar-refractivity contribution in [2.45, 2.75) is 25.7 Å². The molecule has 0 bridgehead atoms. The molecule has 0 saturated carbocycles. The molecule has 0 radical (unpaired) electrons. The summed E-state index contributed by atoms with van der Waals surface area (Å²) in [6, 6.07) is 6.67. The van der Waals surface area contributed by atoms with Gasteiger partial charge in [0.25, 0.3) is 0 Å². The number of hydrogen-bond acceptors (Lipinski definition) is 4. The first kappa shape index (κ1) is 12.4. The Kier molecular flexibility index (Phi) is 4.12. The molecule has 18 heavy (non-hydrogen) atoms. The van der Waals surface area contributed by atoms with Gasteiger partial charge in [0.15, 0.2) is 23.1 Å². The van der Waals surface area contributed by atoms with Crippen LogP contribution in [0.3, 0.4) is 0 Å². The zero-order valence-electron chi connectivity index (χ0n) is 9.93. The molecular weight excluding hydrogens is 232 g/mol. The van der Waals surface area contributed by atoms with Gasteiger partial charge in [-0.1, -0.05) is 0 Å². The molecular formula is C14H14O4. The minimum absolute atomic E-state index is 0.0227. The van der Waals surface area contributed by atoms with Crippen LogP contribution in [0.15, 0.2) is 45.6 Å². The van der Waals surface area contributed by atoms with Gasteiger partial charge >= 0.3 is 0 Å². The first-order valence-electron chi connectivity index (χ1n) is 5.91. The summed E-state index contributed by atoms with van der Waals surface area (Å²) in [5, 5.41) is 0. The van der Waals surface area contributed by atoms with Gasteiger partial charge in [-0.2, -0.15) is 0 Å². The standard InChI is InChI=1S/C14H14O4/c15-11(13-7-3-9-17-13)5-1-2-6-12(16)14-8-4-10-18-14/h3-4,7-10H,1-2,5-6H2. The van der Waals surface area contributed by atoms with Crippen LogP contribution in [0.25, 0.3) is 0 Å². The zero-order chi connectivity index (χ0) is 12.8. The van der Waals surface area contributed by atoms with Crippen LogP contribution in [0.4, 0.5) is 0 Å². The Balaban J connectivity index is 1.67. The van der Waals surface area contributed by atoms with Gasteiger partial charge in [0, 0.05) is 12.8 Å². The number of Topliss-reactive ketones (excluding diaryl/α,β-unsaturated/α-hetero) is 2. The summed E-state index contributed by atoms with van der Waals surface area (Å²) in [4.78, 5) is 23.2. The second-order valence-corrected chi connectivity index (χ2v) is 4.01. The molecule has 0 aromatic carbocycles. The lowest BCUT2D eigenvalue weighted by Crippen LogP contribution is -2.00. The van der Waals surface area contributed by atoms with Crippen LogP contribution >= 0.6 is 0 Å². The van der Waals surface area contributed by atoms with E-state index in [1.54, 1.807) is 24.3 Å². The normalized spacial score (nSPS) is 10.4. The minimum atomic E-state index is -0.0227. The summed E-state index contributed by atoms with van der Waals surface area (Å²) in [6.45, 7) is 0. The van der Waals surface area contributed by atoms with Crippen molar-refractivity contribution in [3.8, 4) is 0 Å². The molecule has 94 valence electrons. The van der Waals surface area contributed by atoms with Gasteiger partial charge in [-0.25, -0.2) is 0 Å². The van der Waals surface area contributed by atoms with Crippen LogP contribution in [0.5, 0.6) is 0 Å². The maximum absolute atomic E-state index is 11.6. The van der Waals surface area contributed by atoms with Crippen molar-refractivity contribution in [1.82, 2.24) is 0 Å². The number of carbonyl (C=O) groups is 2. The van der Waals surface area contributed by atoms with Gasteiger partial charge in [0.05, 0.1) is 12.5 Å². The van der Waals surface area contributed by atoms with Crippen LogP contribution in [0.1, 0.15) is 46.8 Å². The summed E-state index contributed by atoms with van der Waals surface area (Å²) >= 11 is 0. The maximum atomic E-state index is 11.6. The zero-order valence-corrected chi connectivity index (χ0v) is 9.93.